The summed E-state index contributed by atoms with van der Waals surface area (Å²) in [6.45, 7) is 8.53. The molecule has 1 fully saturated rings. The monoisotopic (exact) mass is 575 g/mol. The molecular formula is C30H33N5O3S2. The van der Waals surface area contributed by atoms with Crippen molar-refractivity contribution in [2.45, 2.75) is 39.8 Å². The van der Waals surface area contributed by atoms with Gasteiger partial charge < -0.3 is 19.5 Å². The lowest BCUT2D eigenvalue weighted by atomic mass is 9.96. The van der Waals surface area contributed by atoms with Crippen LogP contribution in [0.15, 0.2) is 66.9 Å². The van der Waals surface area contributed by atoms with Crippen molar-refractivity contribution in [2.24, 2.45) is 0 Å². The average molecular weight is 576 g/mol. The fraction of sp³-hybridized carbons (Fsp3) is 0.267. The molecule has 8 nitrogen and oxygen atoms in total. The zero-order valence-corrected chi connectivity index (χ0v) is 25.0. The molecule has 5 rings (SSSR count). The van der Waals surface area contributed by atoms with Crippen LogP contribution in [0, 0.1) is 27.7 Å². The molecule has 0 bridgehead atoms. The van der Waals surface area contributed by atoms with Gasteiger partial charge in [-0.1, -0.05) is 24.3 Å². The van der Waals surface area contributed by atoms with Crippen molar-refractivity contribution in [1.82, 2.24) is 14.9 Å². The number of sulfonamides is 1. The second-order valence-electron chi connectivity index (χ2n) is 10.2. The number of rotatable bonds is 7. The Balaban J connectivity index is 1.69. The highest BCUT2D eigenvalue weighted by molar-refractivity contribution is 7.92. The second kappa shape index (κ2) is 10.6. The average Bonchev–Trinajstić information content (AvgIpc) is 3.39. The summed E-state index contributed by atoms with van der Waals surface area (Å²) in [5.74, 6) is 0.395. The predicted molar refractivity (Wildman–Crippen MR) is 164 cm³/mol. The number of nitrogens with zero attached hydrogens (tertiary/aromatic N) is 3. The third-order valence-electron chi connectivity index (χ3n) is 7.31. The van der Waals surface area contributed by atoms with Crippen molar-refractivity contribution in [3.05, 3.63) is 101 Å². The number of para-hydroxylation sites is 1. The normalized spacial score (nSPS) is 17.1. The number of aromatic nitrogens is 2. The van der Waals surface area contributed by atoms with Gasteiger partial charge in [0.05, 0.1) is 42.5 Å². The van der Waals surface area contributed by atoms with E-state index in [2.05, 4.69) is 76.5 Å². The number of anilines is 2. The summed E-state index contributed by atoms with van der Waals surface area (Å²) in [4.78, 5) is 6.74. The van der Waals surface area contributed by atoms with Crippen molar-refractivity contribution in [1.29, 1.82) is 0 Å². The molecule has 2 aromatic carbocycles. The lowest BCUT2D eigenvalue weighted by Crippen LogP contribution is -2.29. The van der Waals surface area contributed by atoms with Gasteiger partial charge in [0.2, 0.25) is 10.0 Å². The predicted octanol–water partition coefficient (Wildman–Crippen LogP) is 5.66. The van der Waals surface area contributed by atoms with Crippen LogP contribution in [0.25, 0.3) is 5.69 Å². The molecule has 0 unspecified atom stereocenters. The van der Waals surface area contributed by atoms with Crippen LogP contribution in [-0.4, -0.2) is 36.4 Å². The highest BCUT2D eigenvalue weighted by Gasteiger charge is 2.42. The second-order valence-corrected chi connectivity index (χ2v) is 12.3. The van der Waals surface area contributed by atoms with E-state index in [0.717, 1.165) is 34.6 Å². The Bertz CT molecular complexity index is 1680. The van der Waals surface area contributed by atoms with Crippen molar-refractivity contribution in [3.8, 4) is 11.4 Å². The van der Waals surface area contributed by atoms with E-state index in [9.17, 15) is 8.42 Å². The Hall–Kier alpha value is -3.89. The summed E-state index contributed by atoms with van der Waals surface area (Å²) in [7, 11) is -1.97. The Kier molecular flexibility index (Phi) is 7.32. The molecule has 0 saturated carbocycles. The van der Waals surface area contributed by atoms with Gasteiger partial charge in [-0.25, -0.2) is 8.42 Å². The van der Waals surface area contributed by atoms with Gasteiger partial charge in [-0.05, 0) is 86.9 Å². The molecule has 2 atom stereocenters. The van der Waals surface area contributed by atoms with E-state index in [4.69, 9.17) is 17.0 Å². The maximum Gasteiger partial charge on any atom is 0.229 e. The molecule has 208 valence electrons. The molecule has 0 amide bonds. The summed E-state index contributed by atoms with van der Waals surface area (Å²) in [5.41, 5.74) is 8.92. The largest absolute Gasteiger partial charge is 0.494 e. The Labute approximate surface area is 241 Å². The van der Waals surface area contributed by atoms with E-state index in [0.29, 0.717) is 16.5 Å². The lowest BCUT2D eigenvalue weighted by Gasteiger charge is -2.29. The molecule has 3 heterocycles. The van der Waals surface area contributed by atoms with Crippen molar-refractivity contribution in [2.75, 3.05) is 23.0 Å². The van der Waals surface area contributed by atoms with E-state index in [1.807, 2.05) is 24.3 Å². The first-order valence-corrected chi connectivity index (χ1v) is 15.2. The van der Waals surface area contributed by atoms with Gasteiger partial charge in [0.1, 0.15) is 5.75 Å². The zero-order chi connectivity index (χ0) is 28.8. The minimum absolute atomic E-state index is 0.222. The summed E-state index contributed by atoms with van der Waals surface area (Å²) in [5, 5.41) is 4.05. The molecule has 1 saturated heterocycles. The highest BCUT2D eigenvalue weighted by Crippen LogP contribution is 2.45. The van der Waals surface area contributed by atoms with Gasteiger partial charge in [-0.2, -0.15) is 0 Å². The van der Waals surface area contributed by atoms with Crippen molar-refractivity contribution < 1.29 is 13.2 Å². The fourth-order valence-corrected chi connectivity index (χ4v) is 6.57. The first-order valence-electron chi connectivity index (χ1n) is 12.9. The van der Waals surface area contributed by atoms with Crippen LogP contribution < -0.4 is 19.7 Å². The van der Waals surface area contributed by atoms with Gasteiger partial charge in [0.25, 0.3) is 0 Å². The maximum atomic E-state index is 11.9. The highest BCUT2D eigenvalue weighted by atomic mass is 32.2. The van der Waals surface area contributed by atoms with Crippen LogP contribution >= 0.6 is 12.2 Å². The fourth-order valence-electron chi connectivity index (χ4n) is 5.65. The zero-order valence-electron chi connectivity index (χ0n) is 23.4. The topological polar surface area (TPSA) is 88.5 Å². The number of thiocarbonyl (C=S) groups is 1. The van der Waals surface area contributed by atoms with Crippen LogP contribution in [-0.2, 0) is 10.0 Å². The summed E-state index contributed by atoms with van der Waals surface area (Å²) in [6.07, 6.45) is 2.90. The number of nitrogens with one attached hydrogen (secondary N) is 2. The molecule has 4 aromatic rings. The van der Waals surface area contributed by atoms with Gasteiger partial charge in [-0.3, -0.25) is 9.71 Å². The van der Waals surface area contributed by atoms with Crippen LogP contribution in [0.2, 0.25) is 0 Å². The van der Waals surface area contributed by atoms with Crippen molar-refractivity contribution in [3.63, 3.8) is 0 Å². The van der Waals surface area contributed by atoms with Crippen LogP contribution in [0.1, 0.15) is 45.9 Å². The van der Waals surface area contributed by atoms with E-state index in [1.165, 1.54) is 23.9 Å². The third kappa shape index (κ3) is 5.04. The van der Waals surface area contributed by atoms with E-state index in [1.54, 1.807) is 18.3 Å². The summed E-state index contributed by atoms with van der Waals surface area (Å²) >= 11 is 5.92. The molecule has 0 aliphatic carbocycles. The van der Waals surface area contributed by atoms with Gasteiger partial charge in [0.15, 0.2) is 5.11 Å². The summed E-state index contributed by atoms with van der Waals surface area (Å²) in [6, 6.07) is 19.3. The Morgan fingerprint density at radius 3 is 2.35 bits per heavy atom. The number of aryl methyl sites for hydroxylation is 3. The van der Waals surface area contributed by atoms with Crippen LogP contribution in [0.4, 0.5) is 11.4 Å². The van der Waals surface area contributed by atoms with Gasteiger partial charge in [-0.15, -0.1) is 0 Å². The van der Waals surface area contributed by atoms with Crippen molar-refractivity contribution >= 4 is 38.7 Å². The number of hydrogen-bond acceptors (Lipinski definition) is 5. The molecule has 0 spiro atoms. The minimum atomic E-state index is -3.48. The molecule has 40 heavy (non-hydrogen) atoms. The molecule has 1 aliphatic rings. The Morgan fingerprint density at radius 2 is 1.73 bits per heavy atom. The first kappa shape index (κ1) is 27.7. The third-order valence-corrected chi connectivity index (χ3v) is 8.21. The number of ether oxygens (including phenoxy) is 1. The Morgan fingerprint density at radius 1 is 1.00 bits per heavy atom. The summed E-state index contributed by atoms with van der Waals surface area (Å²) < 4.78 is 34.3. The van der Waals surface area contributed by atoms with Gasteiger partial charge >= 0.3 is 0 Å². The number of benzene rings is 2. The number of hydrogen-bond donors (Lipinski definition) is 2. The molecular weight excluding hydrogens is 542 g/mol. The van der Waals surface area contributed by atoms with E-state index >= 15 is 0 Å². The molecule has 2 aromatic heterocycles. The molecule has 1 aliphatic heterocycles. The molecule has 0 radical (unpaired) electrons. The first-order chi connectivity index (χ1) is 19.0. The molecule has 10 heteroatoms. The molecule has 2 N–H and O–H groups in total. The van der Waals surface area contributed by atoms with Crippen LogP contribution in [0.3, 0.4) is 0 Å². The van der Waals surface area contributed by atoms with Crippen LogP contribution in [0.5, 0.6) is 5.75 Å². The van der Waals surface area contributed by atoms with E-state index in [-0.39, 0.29) is 12.1 Å². The number of pyridine rings is 1. The van der Waals surface area contributed by atoms with Gasteiger partial charge in [0, 0.05) is 29.3 Å². The van der Waals surface area contributed by atoms with E-state index < -0.39 is 10.0 Å². The standard InChI is InChI=1S/C30H33N5O3S2/c1-18-10-9-11-19(2)28(18)34-20(3)16-23(21(34)4)29-27(25-12-7-8-15-31-25)32-30(39)35(29)22-13-14-24(26(17-22)38-5)33-40(6,36)37/h7-17,27,29,33H,1-6H3,(H,32,39)/t27-,29-/m1/s1. The minimum Gasteiger partial charge on any atom is -0.494 e. The quantitative estimate of drug-likeness (QED) is 0.275. The lowest BCUT2D eigenvalue weighted by molar-refractivity contribution is 0.417. The SMILES string of the molecule is COc1cc(N2C(=S)N[C@H](c3ccccn3)[C@H]2c2cc(C)n(-c3c(C)cccc3C)c2C)ccc1NS(C)(=O)=O. The smallest absolute Gasteiger partial charge is 0.229 e. The number of methoxy groups -OCH3 is 1. The maximum absolute atomic E-state index is 11.9.